The van der Waals surface area contributed by atoms with Gasteiger partial charge in [0.2, 0.25) is 5.91 Å². The average Bonchev–Trinajstić information content (AvgIpc) is 3.31. The molecule has 4 rings (SSSR count). The van der Waals surface area contributed by atoms with Crippen LogP contribution in [0.4, 0.5) is 11.5 Å². The summed E-state index contributed by atoms with van der Waals surface area (Å²) in [5.41, 5.74) is 2.76. The lowest BCUT2D eigenvalue weighted by molar-refractivity contribution is -0.114. The van der Waals surface area contributed by atoms with Crippen molar-refractivity contribution in [2.45, 2.75) is 30.7 Å². The number of aromatic amines is 1. The molecule has 0 saturated carbocycles. The number of hydrogen-bond acceptors (Lipinski definition) is 6. The fourth-order valence-corrected chi connectivity index (χ4v) is 5.23. The number of carbonyl (C=O) groups excluding carboxylic acids is 2. The Balaban J connectivity index is 1.59. The van der Waals surface area contributed by atoms with Gasteiger partial charge in [-0.2, -0.15) is 5.10 Å². The van der Waals surface area contributed by atoms with Gasteiger partial charge in [-0.15, -0.1) is 0 Å². The van der Waals surface area contributed by atoms with Crippen molar-refractivity contribution in [3.63, 3.8) is 0 Å². The molecule has 0 radical (unpaired) electrons. The van der Waals surface area contributed by atoms with Gasteiger partial charge in [0, 0.05) is 24.7 Å². The lowest BCUT2D eigenvalue weighted by Gasteiger charge is -2.15. The predicted molar refractivity (Wildman–Crippen MR) is 115 cm³/mol. The van der Waals surface area contributed by atoms with E-state index in [1.807, 2.05) is 13.0 Å². The molecule has 1 atom stereocenters. The maximum absolute atomic E-state index is 13.2. The third-order valence-corrected chi connectivity index (χ3v) is 6.87. The number of hydrogen-bond donors (Lipinski definition) is 4. The van der Waals surface area contributed by atoms with Crippen LogP contribution in [0.3, 0.4) is 0 Å². The van der Waals surface area contributed by atoms with E-state index in [0.717, 1.165) is 5.56 Å². The summed E-state index contributed by atoms with van der Waals surface area (Å²) in [6, 6.07) is 13.0. The van der Waals surface area contributed by atoms with E-state index in [1.165, 1.54) is 6.92 Å². The van der Waals surface area contributed by atoms with Crippen molar-refractivity contribution >= 4 is 33.2 Å². The zero-order valence-corrected chi connectivity index (χ0v) is 17.7. The minimum absolute atomic E-state index is 0.164. The van der Waals surface area contributed by atoms with Crippen LogP contribution in [-0.4, -0.2) is 30.4 Å². The van der Waals surface area contributed by atoms with Crippen LogP contribution in [0.15, 0.2) is 53.4 Å². The summed E-state index contributed by atoms with van der Waals surface area (Å²) in [6.07, 6.45) is 0. The molecule has 1 unspecified atom stereocenters. The second kappa shape index (κ2) is 7.97. The molecule has 0 fully saturated rings. The Kier molecular flexibility index (Phi) is 5.34. The molecule has 4 N–H and O–H groups in total. The largest absolute Gasteiger partial charge is 0.326 e. The number of benzene rings is 2. The van der Waals surface area contributed by atoms with Crippen molar-refractivity contribution < 1.29 is 18.0 Å². The standard InChI is InChI=1S/C21H21N5O4S/c1-12-4-3-5-16(10-12)31(29,30)21-18-17(11-22-21)25-26-19(18)24-20(28)14-6-8-15(9-7-14)23-13(2)27/h3-10,21-22H,11H2,1-2H3,(H,23,27)(H2,24,25,26,28). The van der Waals surface area contributed by atoms with Crippen LogP contribution < -0.4 is 16.0 Å². The van der Waals surface area contributed by atoms with Crippen molar-refractivity contribution in [1.29, 1.82) is 0 Å². The van der Waals surface area contributed by atoms with Crippen molar-refractivity contribution in [1.82, 2.24) is 15.5 Å². The van der Waals surface area contributed by atoms with Crippen LogP contribution in [0, 0.1) is 6.92 Å². The number of sulfone groups is 1. The molecule has 0 saturated heterocycles. The van der Waals surface area contributed by atoms with Crippen molar-refractivity contribution in [2.75, 3.05) is 10.6 Å². The molecule has 1 aliphatic heterocycles. The molecule has 160 valence electrons. The molecule has 2 amide bonds. The Bertz CT molecular complexity index is 1270. The molecule has 0 aliphatic carbocycles. The van der Waals surface area contributed by atoms with Crippen molar-refractivity contribution in [2.24, 2.45) is 0 Å². The van der Waals surface area contributed by atoms with E-state index in [9.17, 15) is 18.0 Å². The van der Waals surface area contributed by atoms with Gasteiger partial charge in [0.05, 0.1) is 16.2 Å². The van der Waals surface area contributed by atoms with Gasteiger partial charge >= 0.3 is 0 Å². The van der Waals surface area contributed by atoms with Crippen molar-refractivity contribution in [3.05, 3.63) is 70.9 Å². The van der Waals surface area contributed by atoms with E-state index < -0.39 is 21.1 Å². The molecule has 3 aromatic rings. The molecule has 0 spiro atoms. The van der Waals surface area contributed by atoms with Gasteiger partial charge in [0.1, 0.15) is 5.37 Å². The zero-order valence-electron chi connectivity index (χ0n) is 16.9. The van der Waals surface area contributed by atoms with E-state index in [4.69, 9.17) is 0 Å². The SMILES string of the molecule is CC(=O)Nc1ccc(C(=O)Nc2n[nH]c3c2C(S(=O)(=O)c2cccc(C)c2)NC3)cc1. The van der Waals surface area contributed by atoms with Gasteiger partial charge in [0.25, 0.3) is 5.91 Å². The van der Waals surface area contributed by atoms with Gasteiger partial charge in [-0.25, -0.2) is 8.42 Å². The fraction of sp³-hybridized carbons (Fsp3) is 0.190. The molecule has 0 bridgehead atoms. The number of nitrogens with one attached hydrogen (secondary N) is 4. The fourth-order valence-electron chi connectivity index (χ4n) is 3.48. The van der Waals surface area contributed by atoms with E-state index in [-0.39, 0.29) is 16.6 Å². The molecular weight excluding hydrogens is 418 g/mol. The van der Waals surface area contributed by atoms with E-state index >= 15 is 0 Å². The monoisotopic (exact) mass is 439 g/mol. The van der Waals surface area contributed by atoms with Crippen LogP contribution in [0.1, 0.15) is 39.5 Å². The third-order valence-electron chi connectivity index (χ3n) is 4.94. The van der Waals surface area contributed by atoms with Crippen LogP contribution in [-0.2, 0) is 21.2 Å². The number of nitrogens with zero attached hydrogens (tertiary/aromatic N) is 1. The Labute approximate surface area is 179 Å². The lowest BCUT2D eigenvalue weighted by atomic mass is 10.2. The topological polar surface area (TPSA) is 133 Å². The summed E-state index contributed by atoms with van der Waals surface area (Å²) in [7, 11) is -3.75. The minimum atomic E-state index is -3.75. The summed E-state index contributed by atoms with van der Waals surface area (Å²) in [5.74, 6) is -0.489. The van der Waals surface area contributed by atoms with Gasteiger partial charge < -0.3 is 10.6 Å². The summed E-state index contributed by atoms with van der Waals surface area (Å²) in [5, 5.41) is 14.2. The molecule has 2 heterocycles. The third kappa shape index (κ3) is 4.07. The van der Waals surface area contributed by atoms with Crippen LogP contribution in [0.2, 0.25) is 0 Å². The molecule has 1 aromatic heterocycles. The average molecular weight is 439 g/mol. The Morgan fingerprint density at radius 1 is 1.10 bits per heavy atom. The summed E-state index contributed by atoms with van der Waals surface area (Å²) < 4.78 is 26.5. The summed E-state index contributed by atoms with van der Waals surface area (Å²) in [6.45, 7) is 3.51. The van der Waals surface area contributed by atoms with Crippen LogP contribution >= 0.6 is 0 Å². The first-order valence-corrected chi connectivity index (χ1v) is 11.1. The van der Waals surface area contributed by atoms with Crippen LogP contribution in [0.5, 0.6) is 0 Å². The smallest absolute Gasteiger partial charge is 0.256 e. The molecule has 10 heteroatoms. The Morgan fingerprint density at radius 3 is 2.52 bits per heavy atom. The number of amides is 2. The number of H-pyrrole nitrogens is 1. The number of aromatic nitrogens is 2. The number of aryl methyl sites for hydroxylation is 1. The molecule has 1 aliphatic rings. The highest BCUT2D eigenvalue weighted by molar-refractivity contribution is 7.91. The highest BCUT2D eigenvalue weighted by atomic mass is 32.2. The quantitative estimate of drug-likeness (QED) is 0.483. The summed E-state index contributed by atoms with van der Waals surface area (Å²) >= 11 is 0. The van der Waals surface area contributed by atoms with Gasteiger partial charge in [-0.05, 0) is 48.9 Å². The van der Waals surface area contributed by atoms with E-state index in [2.05, 4.69) is 26.1 Å². The van der Waals surface area contributed by atoms with Crippen LogP contribution in [0.25, 0.3) is 0 Å². The summed E-state index contributed by atoms with van der Waals surface area (Å²) in [4.78, 5) is 24.0. The number of fused-ring (bicyclic) bond motifs is 1. The van der Waals surface area contributed by atoms with Gasteiger partial charge in [0.15, 0.2) is 15.7 Å². The maximum Gasteiger partial charge on any atom is 0.256 e. The first kappa shape index (κ1) is 20.8. The Morgan fingerprint density at radius 2 is 1.84 bits per heavy atom. The molecule has 9 nitrogen and oxygen atoms in total. The Hall–Kier alpha value is -3.50. The lowest BCUT2D eigenvalue weighted by Crippen LogP contribution is -2.24. The number of anilines is 2. The first-order valence-electron chi connectivity index (χ1n) is 9.56. The normalized spacial score (nSPS) is 15.4. The van der Waals surface area contributed by atoms with Gasteiger partial charge in [-0.3, -0.25) is 20.0 Å². The highest BCUT2D eigenvalue weighted by Crippen LogP contribution is 2.37. The van der Waals surface area contributed by atoms with E-state index in [1.54, 1.807) is 42.5 Å². The predicted octanol–water partition coefficient (Wildman–Crippen LogP) is 2.50. The second-order valence-corrected chi connectivity index (χ2v) is 9.33. The van der Waals surface area contributed by atoms with E-state index in [0.29, 0.717) is 29.1 Å². The minimum Gasteiger partial charge on any atom is -0.326 e. The number of rotatable bonds is 5. The first-order chi connectivity index (χ1) is 14.8. The van der Waals surface area contributed by atoms with Crippen molar-refractivity contribution in [3.8, 4) is 0 Å². The van der Waals surface area contributed by atoms with Gasteiger partial charge in [-0.1, -0.05) is 12.1 Å². The molecule has 31 heavy (non-hydrogen) atoms. The highest BCUT2D eigenvalue weighted by Gasteiger charge is 2.39. The molecular formula is C21H21N5O4S. The maximum atomic E-state index is 13.2. The second-order valence-electron chi connectivity index (χ2n) is 7.30. The zero-order chi connectivity index (χ0) is 22.2. The molecule has 2 aromatic carbocycles. The number of carbonyl (C=O) groups is 2.